The van der Waals surface area contributed by atoms with Gasteiger partial charge < -0.3 is 9.47 Å². The maximum atomic E-state index is 13.2. The highest BCUT2D eigenvalue weighted by Gasteiger charge is 2.53. The standard InChI is InChI=1S/C23H24N2O8/c1-6-13-7-9-15(32-18-10-8-14(24(28)29)11-17(18)25(30)31)12-16(13)19-20(26)22(2,3)33-23(4,5)21(19)27/h7-12,19H,6H2,1-5H3. The van der Waals surface area contributed by atoms with Crippen LogP contribution >= 0.6 is 0 Å². The lowest BCUT2D eigenvalue weighted by atomic mass is 9.73. The summed E-state index contributed by atoms with van der Waals surface area (Å²) >= 11 is 0. The van der Waals surface area contributed by atoms with Crippen LogP contribution in [0.1, 0.15) is 51.7 Å². The number of benzene rings is 2. The molecule has 0 saturated carbocycles. The number of hydrogen-bond acceptors (Lipinski definition) is 8. The van der Waals surface area contributed by atoms with Gasteiger partial charge in [0, 0.05) is 6.07 Å². The second-order valence-electron chi connectivity index (χ2n) is 8.77. The van der Waals surface area contributed by atoms with Crippen molar-refractivity contribution >= 4 is 22.9 Å². The van der Waals surface area contributed by atoms with E-state index >= 15 is 0 Å². The third-order valence-corrected chi connectivity index (χ3v) is 5.61. The molecule has 0 aromatic heterocycles. The molecule has 33 heavy (non-hydrogen) atoms. The van der Waals surface area contributed by atoms with Gasteiger partial charge in [0.1, 0.15) is 22.9 Å². The van der Waals surface area contributed by atoms with Gasteiger partial charge in [0.2, 0.25) is 5.75 Å². The minimum Gasteiger partial charge on any atom is -0.450 e. The average Bonchev–Trinajstić information content (AvgIpc) is 2.72. The SMILES string of the molecule is CCc1ccc(Oc2ccc([N+](=O)[O-])cc2[N+](=O)[O-])cc1C1C(=O)C(C)(C)OC(C)(C)C1=O. The van der Waals surface area contributed by atoms with Gasteiger partial charge in [-0.15, -0.1) is 0 Å². The van der Waals surface area contributed by atoms with Crippen LogP contribution in [0.2, 0.25) is 0 Å². The summed E-state index contributed by atoms with van der Waals surface area (Å²) in [6.45, 7) is 8.34. The summed E-state index contributed by atoms with van der Waals surface area (Å²) in [6.07, 6.45) is 0.534. The van der Waals surface area contributed by atoms with Gasteiger partial charge in [0.25, 0.3) is 5.69 Å². The molecule has 0 aliphatic carbocycles. The number of hydrogen-bond donors (Lipinski definition) is 0. The van der Waals surface area contributed by atoms with E-state index in [1.54, 1.807) is 39.8 Å². The zero-order valence-corrected chi connectivity index (χ0v) is 18.9. The van der Waals surface area contributed by atoms with Crippen molar-refractivity contribution in [2.24, 2.45) is 0 Å². The van der Waals surface area contributed by atoms with Gasteiger partial charge in [0.15, 0.2) is 11.6 Å². The number of carbonyl (C=O) groups excluding carboxylic acids is 2. The van der Waals surface area contributed by atoms with E-state index in [2.05, 4.69) is 0 Å². The van der Waals surface area contributed by atoms with Gasteiger partial charge in [-0.25, -0.2) is 0 Å². The highest BCUT2D eigenvalue weighted by Crippen LogP contribution is 2.41. The van der Waals surface area contributed by atoms with Gasteiger partial charge in [0.05, 0.1) is 15.9 Å². The van der Waals surface area contributed by atoms with Gasteiger partial charge in [-0.3, -0.25) is 29.8 Å². The molecule has 1 aliphatic rings. The number of nitro groups is 2. The molecule has 0 radical (unpaired) electrons. The van der Waals surface area contributed by atoms with Crippen molar-refractivity contribution in [2.75, 3.05) is 0 Å². The Bertz CT molecular complexity index is 1140. The molecule has 0 atom stereocenters. The number of aryl methyl sites for hydroxylation is 1. The van der Waals surface area contributed by atoms with Crippen LogP contribution in [0, 0.1) is 20.2 Å². The summed E-state index contributed by atoms with van der Waals surface area (Å²) < 4.78 is 11.4. The third kappa shape index (κ3) is 4.47. The molecule has 1 heterocycles. The van der Waals surface area contributed by atoms with Crippen molar-refractivity contribution in [2.45, 2.75) is 58.2 Å². The lowest BCUT2D eigenvalue weighted by Crippen LogP contribution is -2.58. The predicted octanol–water partition coefficient (Wildman–Crippen LogP) is 4.67. The highest BCUT2D eigenvalue weighted by atomic mass is 16.6. The van der Waals surface area contributed by atoms with Gasteiger partial charge >= 0.3 is 5.69 Å². The highest BCUT2D eigenvalue weighted by molar-refractivity contribution is 6.15. The predicted molar refractivity (Wildman–Crippen MR) is 118 cm³/mol. The normalized spacial score (nSPS) is 17.6. The molecule has 1 saturated heterocycles. The molecule has 0 bridgehead atoms. The molecule has 10 heteroatoms. The second kappa shape index (κ2) is 8.36. The van der Waals surface area contributed by atoms with Crippen LogP contribution in [0.3, 0.4) is 0 Å². The molecule has 1 fully saturated rings. The number of non-ortho nitro benzene ring substituents is 1. The molecule has 0 amide bonds. The maximum absolute atomic E-state index is 13.2. The summed E-state index contributed by atoms with van der Waals surface area (Å²) in [5, 5.41) is 22.4. The van der Waals surface area contributed by atoms with Gasteiger partial charge in [-0.2, -0.15) is 0 Å². The zero-order valence-electron chi connectivity index (χ0n) is 18.9. The fourth-order valence-electron chi connectivity index (χ4n) is 4.04. The summed E-state index contributed by atoms with van der Waals surface area (Å²) in [6, 6.07) is 7.83. The molecule has 0 spiro atoms. The second-order valence-corrected chi connectivity index (χ2v) is 8.77. The Morgan fingerprint density at radius 2 is 1.55 bits per heavy atom. The van der Waals surface area contributed by atoms with Crippen molar-refractivity contribution in [1.29, 1.82) is 0 Å². The van der Waals surface area contributed by atoms with Crippen LogP contribution in [0.15, 0.2) is 36.4 Å². The number of ether oxygens (including phenoxy) is 2. The first-order chi connectivity index (χ1) is 15.3. The van der Waals surface area contributed by atoms with Crippen molar-refractivity contribution in [3.63, 3.8) is 0 Å². The molecule has 1 aliphatic heterocycles. The molecular weight excluding hydrogens is 432 g/mol. The Hall–Kier alpha value is -3.66. The van der Waals surface area contributed by atoms with Crippen molar-refractivity contribution in [1.82, 2.24) is 0 Å². The number of carbonyl (C=O) groups is 2. The smallest absolute Gasteiger partial charge is 0.318 e. The van der Waals surface area contributed by atoms with Crippen LogP contribution in [0.4, 0.5) is 11.4 Å². The first-order valence-electron chi connectivity index (χ1n) is 10.3. The summed E-state index contributed by atoms with van der Waals surface area (Å²) in [7, 11) is 0. The van der Waals surface area contributed by atoms with E-state index in [1.165, 1.54) is 6.07 Å². The lowest BCUT2D eigenvalue weighted by molar-refractivity contribution is -0.394. The summed E-state index contributed by atoms with van der Waals surface area (Å²) in [4.78, 5) is 47.3. The minimum atomic E-state index is -1.19. The van der Waals surface area contributed by atoms with Gasteiger partial charge in [-0.05, 0) is 63.4 Å². The summed E-state index contributed by atoms with van der Waals surface area (Å²) in [5.41, 5.74) is -2.22. The molecule has 2 aromatic carbocycles. The van der Waals surface area contributed by atoms with E-state index in [0.717, 1.165) is 23.8 Å². The van der Waals surface area contributed by atoms with Crippen molar-refractivity contribution in [3.8, 4) is 11.5 Å². The first kappa shape index (κ1) is 24.0. The number of Topliss-reactive ketones (excluding diaryl/α,β-unsaturated/α-hetero) is 2. The van der Waals surface area contributed by atoms with E-state index in [0.29, 0.717) is 12.0 Å². The zero-order chi connectivity index (χ0) is 24.7. The molecule has 174 valence electrons. The number of rotatable bonds is 6. The Balaban J connectivity index is 2.09. The quantitative estimate of drug-likeness (QED) is 0.347. The molecule has 0 N–H and O–H groups in total. The topological polar surface area (TPSA) is 139 Å². The number of ketones is 2. The Labute approximate surface area is 189 Å². The fraction of sp³-hybridized carbons (Fsp3) is 0.391. The van der Waals surface area contributed by atoms with Crippen LogP contribution in [0.5, 0.6) is 11.5 Å². The van der Waals surface area contributed by atoms with Crippen LogP contribution in [-0.2, 0) is 20.7 Å². The summed E-state index contributed by atoms with van der Waals surface area (Å²) in [5.74, 6) is -1.91. The fourth-order valence-corrected chi connectivity index (χ4v) is 4.04. The van der Waals surface area contributed by atoms with E-state index in [4.69, 9.17) is 9.47 Å². The number of nitrogens with zero attached hydrogens (tertiary/aromatic N) is 2. The van der Waals surface area contributed by atoms with E-state index in [-0.39, 0.29) is 23.1 Å². The van der Waals surface area contributed by atoms with E-state index in [9.17, 15) is 29.8 Å². The van der Waals surface area contributed by atoms with Crippen LogP contribution in [0.25, 0.3) is 0 Å². The Morgan fingerprint density at radius 1 is 0.939 bits per heavy atom. The third-order valence-electron chi connectivity index (χ3n) is 5.61. The minimum absolute atomic E-state index is 0.154. The van der Waals surface area contributed by atoms with Crippen LogP contribution in [-0.4, -0.2) is 32.6 Å². The van der Waals surface area contributed by atoms with Crippen LogP contribution < -0.4 is 4.74 Å². The Morgan fingerprint density at radius 3 is 2.06 bits per heavy atom. The van der Waals surface area contributed by atoms with Crippen molar-refractivity contribution in [3.05, 3.63) is 67.8 Å². The molecule has 2 aromatic rings. The number of nitro benzene ring substituents is 2. The monoisotopic (exact) mass is 456 g/mol. The van der Waals surface area contributed by atoms with E-state index in [1.807, 2.05) is 6.92 Å². The molecule has 0 unspecified atom stereocenters. The Kier molecular flexibility index (Phi) is 6.08. The van der Waals surface area contributed by atoms with Crippen molar-refractivity contribution < 1.29 is 28.9 Å². The maximum Gasteiger partial charge on any atom is 0.318 e. The van der Waals surface area contributed by atoms with Gasteiger partial charge in [-0.1, -0.05) is 13.0 Å². The first-order valence-corrected chi connectivity index (χ1v) is 10.3. The molecular formula is C23H24N2O8. The average molecular weight is 456 g/mol. The largest absolute Gasteiger partial charge is 0.450 e. The lowest BCUT2D eigenvalue weighted by Gasteiger charge is -2.43. The molecule has 3 rings (SSSR count). The van der Waals surface area contributed by atoms with E-state index < -0.39 is 38.3 Å². The molecule has 10 nitrogen and oxygen atoms in total.